The average Bonchev–Trinajstić information content (AvgIpc) is 2.60. The average molecular weight is 382 g/mol. The minimum absolute atomic E-state index is 0.174. The summed E-state index contributed by atoms with van der Waals surface area (Å²) in [4.78, 5) is 16.4. The minimum Gasteiger partial charge on any atom is -0.354 e. The predicted octanol–water partition coefficient (Wildman–Crippen LogP) is 5.15. The molecular weight excluding hydrogens is 366 g/mol. The van der Waals surface area contributed by atoms with Crippen LogP contribution < -0.4 is 10.6 Å². The fourth-order valence-electron chi connectivity index (χ4n) is 2.24. The molecule has 0 spiro atoms. The Morgan fingerprint density at radius 3 is 2.50 bits per heavy atom. The zero-order valence-corrected chi connectivity index (χ0v) is 14.7. The molecule has 1 aromatic heterocycles. The summed E-state index contributed by atoms with van der Waals surface area (Å²) < 4.78 is 1.04. The summed E-state index contributed by atoms with van der Waals surface area (Å²) in [6, 6.07) is 18.8. The van der Waals surface area contributed by atoms with Gasteiger partial charge in [0.15, 0.2) is 0 Å². The lowest BCUT2D eigenvalue weighted by Crippen LogP contribution is -2.12. The fraction of sp³-hybridized carbons (Fsp3) is 0.0526. The van der Waals surface area contributed by atoms with Crippen molar-refractivity contribution in [3.05, 3.63) is 82.5 Å². The molecule has 1 heterocycles. The number of nitrogens with one attached hydrogen (secondary N) is 2. The van der Waals surface area contributed by atoms with Crippen molar-refractivity contribution in [2.45, 2.75) is 6.92 Å². The van der Waals surface area contributed by atoms with Gasteiger partial charge in [0, 0.05) is 15.7 Å². The topological polar surface area (TPSA) is 54.0 Å². The van der Waals surface area contributed by atoms with Crippen molar-refractivity contribution >= 4 is 39.0 Å². The largest absolute Gasteiger partial charge is 0.354 e. The molecule has 2 aromatic carbocycles. The summed E-state index contributed by atoms with van der Waals surface area (Å²) in [6.07, 6.45) is 1.70. The zero-order valence-electron chi connectivity index (χ0n) is 13.1. The second kappa shape index (κ2) is 7.27. The Balaban J connectivity index is 1.68. The van der Waals surface area contributed by atoms with Crippen LogP contribution in [0.4, 0.5) is 17.2 Å². The van der Waals surface area contributed by atoms with Crippen LogP contribution in [0.5, 0.6) is 0 Å². The first-order valence-electron chi connectivity index (χ1n) is 7.47. The van der Waals surface area contributed by atoms with Gasteiger partial charge in [-0.3, -0.25) is 4.79 Å². The van der Waals surface area contributed by atoms with E-state index in [0.29, 0.717) is 11.4 Å². The van der Waals surface area contributed by atoms with Gasteiger partial charge in [-0.15, -0.1) is 0 Å². The molecule has 0 atom stereocenters. The maximum absolute atomic E-state index is 12.1. The van der Waals surface area contributed by atoms with E-state index in [1.807, 2.05) is 49.4 Å². The Labute approximate surface area is 149 Å². The Bertz CT molecular complexity index is 848. The van der Waals surface area contributed by atoms with E-state index in [9.17, 15) is 4.79 Å². The second-order valence-corrected chi connectivity index (χ2v) is 6.25. The molecule has 0 aliphatic carbocycles. The number of anilines is 3. The van der Waals surface area contributed by atoms with E-state index in [1.54, 1.807) is 24.4 Å². The normalized spacial score (nSPS) is 10.2. The second-order valence-electron chi connectivity index (χ2n) is 5.34. The minimum atomic E-state index is -0.174. The Morgan fingerprint density at radius 1 is 1.04 bits per heavy atom. The fourth-order valence-corrected chi connectivity index (χ4v) is 2.72. The monoisotopic (exact) mass is 381 g/mol. The molecule has 0 unspecified atom stereocenters. The molecule has 0 radical (unpaired) electrons. The number of hydrogen-bond donors (Lipinski definition) is 2. The molecule has 5 heteroatoms. The predicted molar refractivity (Wildman–Crippen MR) is 101 cm³/mol. The number of amides is 1. The van der Waals surface area contributed by atoms with Gasteiger partial charge in [0.05, 0.1) is 11.9 Å². The highest BCUT2D eigenvalue weighted by atomic mass is 79.9. The lowest BCUT2D eigenvalue weighted by Gasteiger charge is -2.10. The van der Waals surface area contributed by atoms with Crippen LogP contribution in [-0.4, -0.2) is 10.9 Å². The lowest BCUT2D eigenvalue weighted by molar-refractivity contribution is 0.102. The molecule has 0 fully saturated rings. The third-order valence-electron chi connectivity index (χ3n) is 3.51. The Hall–Kier alpha value is -2.66. The van der Waals surface area contributed by atoms with E-state index >= 15 is 0 Å². The number of hydrogen-bond acceptors (Lipinski definition) is 3. The third-order valence-corrected chi connectivity index (χ3v) is 4.00. The SMILES string of the molecule is Cc1cc(Br)ccc1Nc1ccc(NC(=O)c2ccccc2)nc1. The van der Waals surface area contributed by atoms with Gasteiger partial charge < -0.3 is 10.6 Å². The highest BCUT2D eigenvalue weighted by molar-refractivity contribution is 9.10. The first kappa shape index (κ1) is 16.2. The van der Waals surface area contributed by atoms with Crippen LogP contribution in [0, 0.1) is 6.92 Å². The number of halogens is 1. The molecule has 2 N–H and O–H groups in total. The van der Waals surface area contributed by atoms with E-state index in [0.717, 1.165) is 21.4 Å². The standard InChI is InChI=1S/C19H16BrN3O/c1-13-11-15(20)7-9-17(13)22-16-8-10-18(21-12-16)23-19(24)14-5-3-2-4-6-14/h2-12,22H,1H3,(H,21,23,24). The van der Waals surface area contributed by atoms with E-state index in [4.69, 9.17) is 0 Å². The molecule has 0 aliphatic heterocycles. The lowest BCUT2D eigenvalue weighted by atomic mass is 10.2. The van der Waals surface area contributed by atoms with Crippen molar-refractivity contribution < 1.29 is 4.79 Å². The first-order valence-corrected chi connectivity index (χ1v) is 8.27. The maximum Gasteiger partial charge on any atom is 0.256 e. The molecule has 0 saturated heterocycles. The van der Waals surface area contributed by atoms with Gasteiger partial charge in [-0.05, 0) is 55.0 Å². The van der Waals surface area contributed by atoms with Crippen LogP contribution in [0.25, 0.3) is 0 Å². The maximum atomic E-state index is 12.1. The van der Waals surface area contributed by atoms with Crippen LogP contribution in [0.3, 0.4) is 0 Å². The van der Waals surface area contributed by atoms with Crippen LogP contribution in [0.15, 0.2) is 71.3 Å². The molecule has 3 rings (SSSR count). The number of rotatable bonds is 4. The van der Waals surface area contributed by atoms with Gasteiger partial charge in [-0.25, -0.2) is 4.98 Å². The number of carbonyl (C=O) groups is 1. The van der Waals surface area contributed by atoms with E-state index in [1.165, 1.54) is 0 Å². The Kier molecular flexibility index (Phi) is 4.91. The summed E-state index contributed by atoms with van der Waals surface area (Å²) in [5, 5.41) is 6.10. The van der Waals surface area contributed by atoms with Gasteiger partial charge in [0.1, 0.15) is 5.82 Å². The molecule has 4 nitrogen and oxygen atoms in total. The molecule has 1 amide bonds. The molecular formula is C19H16BrN3O. The number of aryl methyl sites for hydroxylation is 1. The number of carbonyl (C=O) groups excluding carboxylic acids is 1. The van der Waals surface area contributed by atoms with E-state index in [-0.39, 0.29) is 5.91 Å². The smallest absolute Gasteiger partial charge is 0.256 e. The summed E-state index contributed by atoms with van der Waals surface area (Å²) in [5.74, 6) is 0.342. The van der Waals surface area contributed by atoms with Crippen LogP contribution >= 0.6 is 15.9 Å². The van der Waals surface area contributed by atoms with Crippen molar-refractivity contribution in [2.24, 2.45) is 0 Å². The summed E-state index contributed by atoms with van der Waals surface area (Å²) >= 11 is 3.45. The van der Waals surface area contributed by atoms with Crippen molar-refractivity contribution in [1.82, 2.24) is 4.98 Å². The van der Waals surface area contributed by atoms with Crippen molar-refractivity contribution in [3.8, 4) is 0 Å². The molecule has 0 bridgehead atoms. The number of pyridine rings is 1. The summed E-state index contributed by atoms with van der Waals surface area (Å²) in [6.45, 7) is 2.04. The number of aromatic nitrogens is 1. The highest BCUT2D eigenvalue weighted by Crippen LogP contribution is 2.24. The molecule has 0 saturated carbocycles. The number of nitrogens with zero attached hydrogens (tertiary/aromatic N) is 1. The Morgan fingerprint density at radius 2 is 1.83 bits per heavy atom. The van der Waals surface area contributed by atoms with Gasteiger partial charge >= 0.3 is 0 Å². The highest BCUT2D eigenvalue weighted by Gasteiger charge is 2.06. The van der Waals surface area contributed by atoms with E-state index in [2.05, 4.69) is 31.5 Å². The van der Waals surface area contributed by atoms with Gasteiger partial charge in [-0.1, -0.05) is 34.1 Å². The van der Waals surface area contributed by atoms with Gasteiger partial charge in [-0.2, -0.15) is 0 Å². The quantitative estimate of drug-likeness (QED) is 0.656. The van der Waals surface area contributed by atoms with E-state index < -0.39 is 0 Å². The van der Waals surface area contributed by atoms with Crippen LogP contribution in [0.1, 0.15) is 15.9 Å². The molecule has 3 aromatic rings. The van der Waals surface area contributed by atoms with Crippen molar-refractivity contribution in [1.29, 1.82) is 0 Å². The van der Waals surface area contributed by atoms with Crippen LogP contribution in [0.2, 0.25) is 0 Å². The van der Waals surface area contributed by atoms with Gasteiger partial charge in [0.2, 0.25) is 0 Å². The van der Waals surface area contributed by atoms with Crippen molar-refractivity contribution in [3.63, 3.8) is 0 Å². The first-order chi connectivity index (χ1) is 11.6. The summed E-state index contributed by atoms with van der Waals surface area (Å²) in [5.41, 5.74) is 3.61. The van der Waals surface area contributed by atoms with Crippen molar-refractivity contribution in [2.75, 3.05) is 10.6 Å². The molecule has 120 valence electrons. The van der Waals surface area contributed by atoms with Gasteiger partial charge in [0.25, 0.3) is 5.91 Å². The zero-order chi connectivity index (χ0) is 16.9. The summed E-state index contributed by atoms with van der Waals surface area (Å²) in [7, 11) is 0. The van der Waals surface area contributed by atoms with Crippen LogP contribution in [-0.2, 0) is 0 Å². The molecule has 0 aliphatic rings. The molecule has 24 heavy (non-hydrogen) atoms. The number of benzene rings is 2. The third kappa shape index (κ3) is 4.00.